The monoisotopic (exact) mass is 552 g/mol. The maximum absolute atomic E-state index is 13.8. The zero-order valence-electron chi connectivity index (χ0n) is 26.0. The normalized spacial score (nSPS) is 15.8. The van der Waals surface area contributed by atoms with Crippen molar-refractivity contribution in [3.05, 3.63) is 83.4 Å². The van der Waals surface area contributed by atoms with Gasteiger partial charge in [-0.15, -0.1) is 0 Å². The molecule has 0 radical (unpaired) electrons. The molecular weight excluding hydrogens is 504 g/mol. The highest BCUT2D eigenvalue weighted by Gasteiger charge is 2.34. The van der Waals surface area contributed by atoms with Crippen LogP contribution in [0.5, 0.6) is 0 Å². The minimum absolute atomic E-state index is 0.0186. The minimum atomic E-state index is -0.119. The first kappa shape index (κ1) is 32.2. The summed E-state index contributed by atoms with van der Waals surface area (Å²) >= 11 is 0. The van der Waals surface area contributed by atoms with Gasteiger partial charge in [0.25, 0.3) is 0 Å². The van der Waals surface area contributed by atoms with Crippen LogP contribution < -0.4 is 0 Å². The molecule has 0 bridgehead atoms. The predicted molar refractivity (Wildman–Crippen MR) is 171 cm³/mol. The van der Waals surface area contributed by atoms with Gasteiger partial charge < -0.3 is 0 Å². The number of carbonyl (C=O) groups excluding carboxylic acids is 3. The second-order valence-electron chi connectivity index (χ2n) is 11.7. The molecule has 4 rings (SSSR count). The molecule has 3 aromatic carbocycles. The Hall–Kier alpha value is -3.33. The van der Waals surface area contributed by atoms with Gasteiger partial charge in [-0.2, -0.15) is 0 Å². The molecule has 0 amide bonds. The topological polar surface area (TPSA) is 51.2 Å². The fraction of sp³-hybridized carbons (Fsp3) is 0.447. The lowest BCUT2D eigenvalue weighted by Gasteiger charge is -2.33. The lowest BCUT2D eigenvalue weighted by Crippen LogP contribution is -2.30. The van der Waals surface area contributed by atoms with Gasteiger partial charge in [0.15, 0.2) is 5.78 Å². The van der Waals surface area contributed by atoms with Gasteiger partial charge in [0, 0.05) is 17.9 Å². The van der Waals surface area contributed by atoms with Crippen LogP contribution in [0.15, 0.2) is 66.7 Å². The van der Waals surface area contributed by atoms with E-state index >= 15 is 0 Å². The van der Waals surface area contributed by atoms with Gasteiger partial charge in [0.2, 0.25) is 0 Å². The lowest BCUT2D eigenvalue weighted by atomic mass is 9.70. The van der Waals surface area contributed by atoms with E-state index in [1.165, 1.54) is 13.3 Å². The molecule has 0 N–H and O–H groups in total. The Morgan fingerprint density at radius 1 is 0.854 bits per heavy atom. The lowest BCUT2D eigenvalue weighted by molar-refractivity contribution is -0.129. The summed E-state index contributed by atoms with van der Waals surface area (Å²) in [7, 11) is 0. The number of fused-ring (bicyclic) bond motifs is 1. The van der Waals surface area contributed by atoms with Gasteiger partial charge in [-0.25, -0.2) is 0 Å². The molecule has 3 atom stereocenters. The van der Waals surface area contributed by atoms with Crippen LogP contribution >= 0.6 is 0 Å². The molecular formula is C38H48O3. The summed E-state index contributed by atoms with van der Waals surface area (Å²) in [5, 5.41) is 0. The maximum Gasteiger partial charge on any atom is 0.163 e. The SMILES string of the molecule is CCC.CCCC(CC1CC(=O)c2c(C)c(-c3ccccc3)cc(-c3ccccc3)c2C1)C(CC)C(=O)CC(C)=O. The van der Waals surface area contributed by atoms with E-state index in [1.54, 1.807) is 0 Å². The van der Waals surface area contributed by atoms with E-state index in [0.29, 0.717) is 6.42 Å². The first-order chi connectivity index (χ1) is 19.7. The van der Waals surface area contributed by atoms with Crippen molar-refractivity contribution < 1.29 is 14.4 Å². The van der Waals surface area contributed by atoms with E-state index in [9.17, 15) is 14.4 Å². The second-order valence-corrected chi connectivity index (χ2v) is 11.7. The summed E-state index contributed by atoms with van der Waals surface area (Å²) < 4.78 is 0. The Bertz CT molecular complexity index is 1310. The van der Waals surface area contributed by atoms with Crippen molar-refractivity contribution in [1.82, 2.24) is 0 Å². The molecule has 0 saturated carbocycles. The molecule has 3 unspecified atom stereocenters. The number of rotatable bonds is 11. The number of hydrogen-bond donors (Lipinski definition) is 0. The minimum Gasteiger partial charge on any atom is -0.300 e. The van der Waals surface area contributed by atoms with Gasteiger partial charge in [-0.05, 0) is 84.4 Å². The van der Waals surface area contributed by atoms with Crippen molar-refractivity contribution in [3.63, 3.8) is 0 Å². The third-order valence-corrected chi connectivity index (χ3v) is 8.25. The number of hydrogen-bond acceptors (Lipinski definition) is 3. The van der Waals surface area contributed by atoms with Crippen LogP contribution in [0.25, 0.3) is 22.3 Å². The molecule has 0 spiro atoms. The van der Waals surface area contributed by atoms with Crippen molar-refractivity contribution in [1.29, 1.82) is 0 Å². The smallest absolute Gasteiger partial charge is 0.163 e. The van der Waals surface area contributed by atoms with E-state index in [0.717, 1.165) is 71.0 Å². The quantitative estimate of drug-likeness (QED) is 0.222. The van der Waals surface area contributed by atoms with Crippen molar-refractivity contribution in [2.75, 3.05) is 0 Å². The predicted octanol–water partition coefficient (Wildman–Crippen LogP) is 9.87. The van der Waals surface area contributed by atoms with Gasteiger partial charge >= 0.3 is 0 Å². The number of carbonyl (C=O) groups is 3. The highest BCUT2D eigenvalue weighted by Crippen LogP contribution is 2.43. The third kappa shape index (κ3) is 8.12. The first-order valence-corrected chi connectivity index (χ1v) is 15.6. The Morgan fingerprint density at radius 2 is 1.41 bits per heavy atom. The third-order valence-electron chi connectivity index (χ3n) is 8.25. The molecule has 0 heterocycles. The summed E-state index contributed by atoms with van der Waals surface area (Å²) in [5.41, 5.74) is 7.58. The highest BCUT2D eigenvalue weighted by molar-refractivity contribution is 6.04. The summed E-state index contributed by atoms with van der Waals surface area (Å²) in [6.45, 7) is 12.0. The standard InChI is InChI=1S/C35H40O3.C3H8/c1-5-13-28(29(6-2)33(37)18-23(3)36)19-25-20-32-31(27-16-11-8-12-17-27)22-30(26-14-9-7-10-15-26)24(4)35(32)34(38)21-25;1-3-2/h7-12,14-17,22,25,28-29H,5-6,13,18-21H2,1-4H3;3H2,1-2H3. The molecule has 3 nitrogen and oxygen atoms in total. The Kier molecular flexibility index (Phi) is 12.3. The van der Waals surface area contributed by atoms with Gasteiger partial charge in [-0.3, -0.25) is 14.4 Å². The Morgan fingerprint density at radius 3 is 1.93 bits per heavy atom. The number of benzene rings is 3. The number of ketones is 3. The fourth-order valence-corrected chi connectivity index (χ4v) is 6.59. The zero-order valence-corrected chi connectivity index (χ0v) is 26.0. The molecule has 0 saturated heterocycles. The van der Waals surface area contributed by atoms with Crippen molar-refractivity contribution in [3.8, 4) is 22.3 Å². The van der Waals surface area contributed by atoms with Crippen LogP contribution in [0.4, 0.5) is 0 Å². The molecule has 1 aliphatic rings. The van der Waals surface area contributed by atoms with Crippen LogP contribution in [0.3, 0.4) is 0 Å². The largest absolute Gasteiger partial charge is 0.300 e. The maximum atomic E-state index is 13.8. The van der Waals surface area contributed by atoms with E-state index < -0.39 is 0 Å². The molecule has 1 aliphatic carbocycles. The first-order valence-electron chi connectivity index (χ1n) is 15.6. The Balaban J connectivity index is 0.00000147. The van der Waals surface area contributed by atoms with E-state index in [4.69, 9.17) is 0 Å². The van der Waals surface area contributed by atoms with Crippen molar-refractivity contribution >= 4 is 17.3 Å². The summed E-state index contributed by atoms with van der Waals surface area (Å²) in [5.74, 6) is 0.474. The van der Waals surface area contributed by atoms with Crippen LogP contribution in [-0.2, 0) is 16.0 Å². The van der Waals surface area contributed by atoms with E-state index in [-0.39, 0.29) is 41.5 Å². The fourth-order valence-electron chi connectivity index (χ4n) is 6.59. The molecule has 3 heteroatoms. The van der Waals surface area contributed by atoms with E-state index in [2.05, 4.69) is 77.1 Å². The summed E-state index contributed by atoms with van der Waals surface area (Å²) in [6.07, 6.45) is 6.12. The molecule has 41 heavy (non-hydrogen) atoms. The zero-order chi connectivity index (χ0) is 29.9. The average molecular weight is 553 g/mol. The molecule has 3 aromatic rings. The van der Waals surface area contributed by atoms with Crippen LogP contribution in [0, 0.1) is 24.7 Å². The molecule has 0 aliphatic heterocycles. The average Bonchev–Trinajstić information content (AvgIpc) is 2.94. The van der Waals surface area contributed by atoms with E-state index in [1.807, 2.05) is 24.3 Å². The highest BCUT2D eigenvalue weighted by atomic mass is 16.1. The van der Waals surface area contributed by atoms with Gasteiger partial charge in [0.1, 0.15) is 11.6 Å². The van der Waals surface area contributed by atoms with Crippen molar-refractivity contribution in [2.45, 2.75) is 92.9 Å². The van der Waals surface area contributed by atoms with Gasteiger partial charge in [0.05, 0.1) is 6.42 Å². The molecule has 0 aromatic heterocycles. The summed E-state index contributed by atoms with van der Waals surface area (Å²) in [6, 6.07) is 23.0. The van der Waals surface area contributed by atoms with Crippen LogP contribution in [0.2, 0.25) is 0 Å². The summed E-state index contributed by atoms with van der Waals surface area (Å²) in [4.78, 5) is 38.5. The van der Waals surface area contributed by atoms with Crippen LogP contribution in [-0.4, -0.2) is 17.3 Å². The Labute approximate surface area is 247 Å². The number of Topliss-reactive ketones (excluding diaryl/α,β-unsaturated/α-hetero) is 3. The molecule has 218 valence electrons. The van der Waals surface area contributed by atoms with Gasteiger partial charge in [-0.1, -0.05) is 108 Å². The van der Waals surface area contributed by atoms with Crippen LogP contribution in [0.1, 0.15) is 101 Å². The van der Waals surface area contributed by atoms with Crippen molar-refractivity contribution in [2.24, 2.45) is 17.8 Å². The second kappa shape index (κ2) is 15.6. The molecule has 0 fully saturated rings.